The molecule has 0 aliphatic carbocycles. The normalized spacial score (nSPS) is 11.0. The van der Waals surface area contributed by atoms with Crippen LogP contribution in [0.5, 0.6) is 0 Å². The van der Waals surface area contributed by atoms with E-state index in [0.717, 1.165) is 0 Å². The van der Waals surface area contributed by atoms with Crippen molar-refractivity contribution in [2.75, 3.05) is 5.32 Å². The molecule has 4 aromatic rings. The molecule has 0 saturated carbocycles. The number of aromatic amines is 1. The largest absolute Gasteiger partial charge is 0.351 e. The van der Waals surface area contributed by atoms with Gasteiger partial charge in [-0.05, 0) is 36.4 Å². The number of para-hydroxylation sites is 3. The summed E-state index contributed by atoms with van der Waals surface area (Å²) in [5.74, 6) is -1.77. The van der Waals surface area contributed by atoms with Gasteiger partial charge in [0.1, 0.15) is 11.6 Å². The topological polar surface area (TPSA) is 62.0 Å². The first kappa shape index (κ1) is 16.0. The zero-order chi connectivity index (χ0) is 18.3. The number of hydrogen-bond acceptors (Lipinski definition) is 2. The average molecular weight is 350 g/mol. The second kappa shape index (κ2) is 6.07. The van der Waals surface area contributed by atoms with Crippen LogP contribution in [0.4, 0.5) is 14.5 Å². The number of aromatic nitrogens is 1. The summed E-state index contributed by atoms with van der Waals surface area (Å²) in [7, 11) is 0. The predicted molar refractivity (Wildman–Crippen MR) is 96.4 cm³/mol. The molecule has 0 spiro atoms. The number of rotatable bonds is 2. The summed E-state index contributed by atoms with van der Waals surface area (Å²) in [5, 5.41) is 2.92. The Kier molecular flexibility index (Phi) is 3.73. The van der Waals surface area contributed by atoms with E-state index in [1.54, 1.807) is 18.2 Å². The molecule has 0 unspecified atom stereocenters. The van der Waals surface area contributed by atoms with Crippen molar-refractivity contribution in [3.05, 3.63) is 88.1 Å². The van der Waals surface area contributed by atoms with Gasteiger partial charge in [0.2, 0.25) is 0 Å². The zero-order valence-electron chi connectivity index (χ0n) is 13.3. The van der Waals surface area contributed by atoms with Gasteiger partial charge >= 0.3 is 0 Å². The monoisotopic (exact) mass is 350 g/mol. The smallest absolute Gasteiger partial charge is 0.257 e. The van der Waals surface area contributed by atoms with Gasteiger partial charge in [-0.25, -0.2) is 8.78 Å². The van der Waals surface area contributed by atoms with E-state index in [-0.39, 0.29) is 38.5 Å². The molecular weight excluding hydrogens is 338 g/mol. The Balaban J connectivity index is 1.92. The molecule has 26 heavy (non-hydrogen) atoms. The number of nitrogens with one attached hydrogen (secondary N) is 2. The highest BCUT2D eigenvalue weighted by Gasteiger charge is 2.16. The Morgan fingerprint density at radius 1 is 0.808 bits per heavy atom. The first-order valence-corrected chi connectivity index (χ1v) is 7.85. The van der Waals surface area contributed by atoms with Crippen molar-refractivity contribution in [1.82, 2.24) is 4.98 Å². The zero-order valence-corrected chi connectivity index (χ0v) is 13.3. The van der Waals surface area contributed by atoms with Crippen LogP contribution in [0.2, 0.25) is 0 Å². The molecular formula is C20H12F2N2O2. The summed E-state index contributed by atoms with van der Waals surface area (Å²) in [4.78, 5) is 28.1. The molecule has 4 rings (SSSR count). The van der Waals surface area contributed by atoms with Crippen LogP contribution in [0.3, 0.4) is 0 Å². The molecule has 6 heteroatoms. The molecule has 0 aliphatic rings. The minimum Gasteiger partial charge on any atom is -0.351 e. The average Bonchev–Trinajstić information content (AvgIpc) is 2.64. The van der Waals surface area contributed by atoms with E-state index in [1.807, 2.05) is 0 Å². The van der Waals surface area contributed by atoms with Crippen molar-refractivity contribution in [3.8, 4) is 0 Å². The van der Waals surface area contributed by atoms with Gasteiger partial charge in [0.25, 0.3) is 5.91 Å². The second-order valence-corrected chi connectivity index (χ2v) is 5.78. The summed E-state index contributed by atoms with van der Waals surface area (Å²) in [6.45, 7) is 0. The predicted octanol–water partition coefficient (Wildman–Crippen LogP) is 4.21. The number of anilines is 1. The fourth-order valence-electron chi connectivity index (χ4n) is 2.93. The number of hydrogen-bond donors (Lipinski definition) is 2. The van der Waals surface area contributed by atoms with Crippen LogP contribution in [0, 0.1) is 11.6 Å². The van der Waals surface area contributed by atoms with Gasteiger partial charge in [-0.1, -0.05) is 24.3 Å². The molecule has 0 saturated heterocycles. The SMILES string of the molecule is O=C(Nc1ccccc1F)c1cccc2c(=O)c3cccc(F)c3[nH]c12. The molecule has 3 aromatic carbocycles. The molecule has 0 fully saturated rings. The molecule has 1 heterocycles. The van der Waals surface area contributed by atoms with E-state index in [4.69, 9.17) is 0 Å². The van der Waals surface area contributed by atoms with Gasteiger partial charge in [-0.2, -0.15) is 0 Å². The van der Waals surface area contributed by atoms with Crippen molar-refractivity contribution in [2.45, 2.75) is 0 Å². The number of carbonyl (C=O) groups is 1. The number of amides is 1. The van der Waals surface area contributed by atoms with Crippen LogP contribution in [-0.2, 0) is 0 Å². The lowest BCUT2D eigenvalue weighted by molar-refractivity contribution is 0.102. The van der Waals surface area contributed by atoms with Crippen LogP contribution in [-0.4, -0.2) is 10.9 Å². The molecule has 128 valence electrons. The van der Waals surface area contributed by atoms with Gasteiger partial charge in [0.15, 0.2) is 5.43 Å². The number of pyridine rings is 1. The van der Waals surface area contributed by atoms with Crippen molar-refractivity contribution < 1.29 is 13.6 Å². The number of benzene rings is 3. The van der Waals surface area contributed by atoms with Crippen LogP contribution in [0.1, 0.15) is 10.4 Å². The summed E-state index contributed by atoms with van der Waals surface area (Å²) >= 11 is 0. The minimum atomic E-state index is -0.605. The number of fused-ring (bicyclic) bond motifs is 2. The molecule has 1 aromatic heterocycles. The van der Waals surface area contributed by atoms with Gasteiger partial charge in [0, 0.05) is 10.8 Å². The summed E-state index contributed by atoms with van der Waals surface area (Å²) < 4.78 is 27.9. The quantitative estimate of drug-likeness (QED) is 0.532. The van der Waals surface area contributed by atoms with Crippen LogP contribution < -0.4 is 10.7 Å². The van der Waals surface area contributed by atoms with Crippen LogP contribution in [0.15, 0.2) is 65.5 Å². The molecule has 4 nitrogen and oxygen atoms in total. The van der Waals surface area contributed by atoms with Crippen molar-refractivity contribution >= 4 is 33.4 Å². The first-order chi connectivity index (χ1) is 12.6. The Morgan fingerprint density at radius 2 is 1.46 bits per heavy atom. The third-order valence-electron chi connectivity index (χ3n) is 4.18. The maximum absolute atomic E-state index is 14.1. The highest BCUT2D eigenvalue weighted by molar-refractivity contribution is 6.13. The second-order valence-electron chi connectivity index (χ2n) is 5.78. The van der Waals surface area contributed by atoms with Crippen molar-refractivity contribution in [2.24, 2.45) is 0 Å². The van der Waals surface area contributed by atoms with E-state index >= 15 is 0 Å². The van der Waals surface area contributed by atoms with E-state index in [2.05, 4.69) is 10.3 Å². The summed E-state index contributed by atoms with van der Waals surface area (Å²) in [5.41, 5.74) is -0.0225. The third-order valence-corrected chi connectivity index (χ3v) is 4.18. The fourth-order valence-corrected chi connectivity index (χ4v) is 2.93. The maximum Gasteiger partial charge on any atom is 0.257 e. The molecule has 0 atom stereocenters. The lowest BCUT2D eigenvalue weighted by atomic mass is 10.1. The lowest BCUT2D eigenvalue weighted by Gasteiger charge is -2.10. The Bertz CT molecular complexity index is 1230. The van der Waals surface area contributed by atoms with E-state index in [9.17, 15) is 18.4 Å². The fraction of sp³-hybridized carbons (Fsp3) is 0. The van der Waals surface area contributed by atoms with E-state index in [1.165, 1.54) is 42.5 Å². The van der Waals surface area contributed by atoms with Crippen LogP contribution >= 0.6 is 0 Å². The van der Waals surface area contributed by atoms with E-state index in [0.29, 0.717) is 0 Å². The highest BCUT2D eigenvalue weighted by atomic mass is 19.1. The Morgan fingerprint density at radius 3 is 2.23 bits per heavy atom. The maximum atomic E-state index is 14.1. The van der Waals surface area contributed by atoms with E-state index < -0.39 is 17.5 Å². The van der Waals surface area contributed by atoms with Gasteiger partial charge < -0.3 is 10.3 Å². The first-order valence-electron chi connectivity index (χ1n) is 7.85. The molecule has 0 bridgehead atoms. The molecule has 0 radical (unpaired) electrons. The van der Waals surface area contributed by atoms with Gasteiger partial charge in [-0.3, -0.25) is 9.59 Å². The number of H-pyrrole nitrogens is 1. The standard InChI is InChI=1S/C20H12F2N2O2/c21-14-8-1-2-10-16(14)23-20(26)13-7-3-5-11-17(13)24-18-12(19(11)25)6-4-9-15(18)22/h1-10H,(H,23,26)(H,24,25). The van der Waals surface area contributed by atoms with Crippen molar-refractivity contribution in [1.29, 1.82) is 0 Å². The van der Waals surface area contributed by atoms with Crippen molar-refractivity contribution in [3.63, 3.8) is 0 Å². The number of halogens is 2. The van der Waals surface area contributed by atoms with Gasteiger partial charge in [-0.15, -0.1) is 0 Å². The third kappa shape index (κ3) is 2.52. The molecule has 2 N–H and O–H groups in total. The molecule has 1 amide bonds. The minimum absolute atomic E-state index is 0.0174. The Labute approximate surface area is 146 Å². The highest BCUT2D eigenvalue weighted by Crippen LogP contribution is 2.21. The molecule has 0 aliphatic heterocycles. The lowest BCUT2D eigenvalue weighted by Crippen LogP contribution is -2.15. The Hall–Kier alpha value is -3.54. The summed E-state index contributed by atoms with van der Waals surface area (Å²) in [6, 6.07) is 14.5. The van der Waals surface area contributed by atoms with Gasteiger partial charge in [0.05, 0.1) is 22.3 Å². The summed E-state index contributed by atoms with van der Waals surface area (Å²) in [6.07, 6.45) is 0. The van der Waals surface area contributed by atoms with Crippen LogP contribution in [0.25, 0.3) is 21.8 Å². The number of carbonyl (C=O) groups excluding carboxylic acids is 1.